The number of hydrogen-bond acceptors (Lipinski definition) is 5. The van der Waals surface area contributed by atoms with Gasteiger partial charge in [-0.2, -0.15) is 5.26 Å². The molecule has 7 nitrogen and oxygen atoms in total. The average Bonchev–Trinajstić information content (AvgIpc) is 2.53. The topological polar surface area (TPSA) is 110 Å². The smallest absolute Gasteiger partial charge is 0.258 e. The van der Waals surface area contributed by atoms with E-state index in [1.165, 1.54) is 48.5 Å². The van der Waals surface area contributed by atoms with Crippen molar-refractivity contribution in [1.82, 2.24) is 0 Å². The van der Waals surface area contributed by atoms with Crippen LogP contribution in [0.5, 0.6) is 0 Å². The first-order chi connectivity index (χ1) is 10.5. The Morgan fingerprint density at radius 1 is 1.00 bits per heavy atom. The minimum Gasteiger partial charge on any atom is -0.258 e. The monoisotopic (exact) mass is 295 g/mol. The lowest BCUT2D eigenvalue weighted by atomic mass is 10.0. The highest BCUT2D eigenvalue weighted by Gasteiger charge is 2.12. The van der Waals surface area contributed by atoms with Crippen LogP contribution in [0, 0.1) is 31.6 Å². The van der Waals surface area contributed by atoms with Crippen LogP contribution in [0.25, 0.3) is 11.6 Å². The van der Waals surface area contributed by atoms with Gasteiger partial charge in [0.1, 0.15) is 0 Å². The second kappa shape index (κ2) is 6.28. The molecule has 0 N–H and O–H groups in total. The summed E-state index contributed by atoms with van der Waals surface area (Å²) >= 11 is 0. The molecule has 2 aromatic rings. The molecule has 0 amide bonds. The van der Waals surface area contributed by atoms with E-state index in [0.29, 0.717) is 11.1 Å². The molecule has 0 heterocycles. The normalized spacial score (nSPS) is 10.8. The molecule has 108 valence electrons. The zero-order chi connectivity index (χ0) is 16.1. The van der Waals surface area contributed by atoms with Crippen LogP contribution in [0.1, 0.15) is 11.1 Å². The van der Waals surface area contributed by atoms with Crippen LogP contribution in [-0.4, -0.2) is 9.85 Å². The Morgan fingerprint density at radius 3 is 2.18 bits per heavy atom. The van der Waals surface area contributed by atoms with Gasteiger partial charge < -0.3 is 0 Å². The number of para-hydroxylation sites is 1. The molecule has 7 heteroatoms. The number of rotatable bonds is 4. The SMILES string of the molecule is N#CC(=Cc1ccccc1[N+](=O)[O-])c1ccc([N+](=O)[O-])cc1. The van der Waals surface area contributed by atoms with Gasteiger partial charge in [-0.1, -0.05) is 12.1 Å². The van der Waals surface area contributed by atoms with Gasteiger partial charge >= 0.3 is 0 Å². The third-order valence-electron chi connectivity index (χ3n) is 2.94. The number of nitro groups is 2. The first kappa shape index (κ1) is 14.9. The summed E-state index contributed by atoms with van der Waals surface area (Å²) in [5.74, 6) is 0. The number of allylic oxidation sites excluding steroid dienone is 1. The molecule has 0 atom stereocenters. The summed E-state index contributed by atoms with van der Waals surface area (Å²) in [4.78, 5) is 20.5. The van der Waals surface area contributed by atoms with Crippen LogP contribution in [0.2, 0.25) is 0 Å². The van der Waals surface area contributed by atoms with Crippen LogP contribution in [-0.2, 0) is 0 Å². The fourth-order valence-electron chi connectivity index (χ4n) is 1.87. The van der Waals surface area contributed by atoms with Gasteiger partial charge in [0.2, 0.25) is 0 Å². The van der Waals surface area contributed by atoms with Crippen LogP contribution >= 0.6 is 0 Å². The molecule has 0 saturated heterocycles. The van der Waals surface area contributed by atoms with Crippen molar-refractivity contribution in [3.05, 3.63) is 79.9 Å². The Kier molecular flexibility index (Phi) is 4.24. The molecule has 2 rings (SSSR count). The Bertz CT molecular complexity index is 804. The second-order valence-corrected chi connectivity index (χ2v) is 4.29. The van der Waals surface area contributed by atoms with Gasteiger partial charge in [0.25, 0.3) is 11.4 Å². The van der Waals surface area contributed by atoms with Crippen LogP contribution < -0.4 is 0 Å². The maximum atomic E-state index is 11.0. The van der Waals surface area contributed by atoms with Crippen molar-refractivity contribution in [2.45, 2.75) is 0 Å². The lowest BCUT2D eigenvalue weighted by molar-refractivity contribution is -0.385. The van der Waals surface area contributed by atoms with E-state index in [0.717, 1.165) is 0 Å². The Balaban J connectivity index is 2.46. The molecule has 2 aromatic carbocycles. The lowest BCUT2D eigenvalue weighted by Gasteiger charge is -2.01. The fourth-order valence-corrected chi connectivity index (χ4v) is 1.87. The third-order valence-corrected chi connectivity index (χ3v) is 2.94. The first-order valence-electron chi connectivity index (χ1n) is 6.13. The molecule has 0 aromatic heterocycles. The highest BCUT2D eigenvalue weighted by molar-refractivity contribution is 5.91. The number of non-ortho nitro benzene ring substituents is 1. The molecule has 0 unspecified atom stereocenters. The minimum atomic E-state index is -0.540. The lowest BCUT2D eigenvalue weighted by Crippen LogP contribution is -1.92. The molecule has 0 aliphatic rings. The highest BCUT2D eigenvalue weighted by Crippen LogP contribution is 2.25. The predicted octanol–water partition coefficient (Wildman–Crippen LogP) is 3.57. The van der Waals surface area contributed by atoms with Gasteiger partial charge in [-0.05, 0) is 29.8 Å². The fraction of sp³-hybridized carbons (Fsp3) is 0. The Morgan fingerprint density at radius 2 is 1.64 bits per heavy atom. The summed E-state index contributed by atoms with van der Waals surface area (Å²) in [6, 6.07) is 13.4. The van der Waals surface area contributed by atoms with Gasteiger partial charge in [0.15, 0.2) is 0 Å². The van der Waals surface area contributed by atoms with Crippen molar-refractivity contribution < 1.29 is 9.85 Å². The van der Waals surface area contributed by atoms with Gasteiger partial charge in [-0.15, -0.1) is 0 Å². The van der Waals surface area contributed by atoms with Crippen LogP contribution in [0.4, 0.5) is 11.4 Å². The molecule has 0 saturated carbocycles. The summed E-state index contributed by atoms with van der Waals surface area (Å²) < 4.78 is 0. The molecular weight excluding hydrogens is 286 g/mol. The van der Waals surface area contributed by atoms with Crippen molar-refractivity contribution in [3.8, 4) is 6.07 Å². The predicted molar refractivity (Wildman–Crippen MR) is 79.7 cm³/mol. The van der Waals surface area contributed by atoms with Gasteiger partial charge in [-0.3, -0.25) is 20.2 Å². The van der Waals surface area contributed by atoms with Crippen LogP contribution in [0.15, 0.2) is 48.5 Å². The molecule has 0 bridgehead atoms. The maximum absolute atomic E-state index is 11.0. The molecule has 0 aliphatic heterocycles. The summed E-state index contributed by atoms with van der Waals surface area (Å²) in [7, 11) is 0. The second-order valence-electron chi connectivity index (χ2n) is 4.29. The van der Waals surface area contributed by atoms with E-state index in [1.54, 1.807) is 6.07 Å². The van der Waals surface area contributed by atoms with E-state index >= 15 is 0 Å². The Hall–Kier alpha value is -3.53. The standard InChI is InChI=1S/C15H9N3O4/c16-10-13(11-5-7-14(8-6-11)17(19)20)9-12-3-1-2-4-15(12)18(21)22/h1-9H. The quantitative estimate of drug-likeness (QED) is 0.370. The number of nitriles is 1. The molecule has 0 radical (unpaired) electrons. The summed E-state index contributed by atoms with van der Waals surface area (Å²) in [5, 5.41) is 30.8. The zero-order valence-electron chi connectivity index (χ0n) is 11.2. The number of nitro benzene ring substituents is 2. The maximum Gasteiger partial charge on any atom is 0.276 e. The first-order valence-corrected chi connectivity index (χ1v) is 6.13. The average molecular weight is 295 g/mol. The summed E-state index contributed by atoms with van der Waals surface area (Å²) in [5.41, 5.74) is 0.724. The molecule has 0 spiro atoms. The van der Waals surface area contributed by atoms with Gasteiger partial charge in [-0.25, -0.2) is 0 Å². The number of nitrogens with zero attached hydrogens (tertiary/aromatic N) is 3. The van der Waals surface area contributed by atoms with Crippen molar-refractivity contribution >= 4 is 23.0 Å². The van der Waals surface area contributed by atoms with Crippen molar-refractivity contribution in [3.63, 3.8) is 0 Å². The van der Waals surface area contributed by atoms with E-state index in [4.69, 9.17) is 0 Å². The van der Waals surface area contributed by atoms with Crippen LogP contribution in [0.3, 0.4) is 0 Å². The third kappa shape index (κ3) is 3.13. The van der Waals surface area contributed by atoms with E-state index in [2.05, 4.69) is 0 Å². The summed E-state index contributed by atoms with van der Waals surface area (Å²) in [6.45, 7) is 0. The molecule has 0 fully saturated rings. The zero-order valence-corrected chi connectivity index (χ0v) is 11.2. The van der Waals surface area contributed by atoms with Crippen molar-refractivity contribution in [2.75, 3.05) is 0 Å². The van der Waals surface area contributed by atoms with E-state index in [-0.39, 0.29) is 16.9 Å². The largest absolute Gasteiger partial charge is 0.276 e. The van der Waals surface area contributed by atoms with E-state index in [1.807, 2.05) is 6.07 Å². The van der Waals surface area contributed by atoms with E-state index < -0.39 is 9.85 Å². The molecular formula is C15H9N3O4. The molecule has 22 heavy (non-hydrogen) atoms. The van der Waals surface area contributed by atoms with Crippen molar-refractivity contribution in [2.24, 2.45) is 0 Å². The summed E-state index contributed by atoms with van der Waals surface area (Å²) in [6.07, 6.45) is 1.39. The highest BCUT2D eigenvalue weighted by atomic mass is 16.6. The Labute approximate surface area is 125 Å². The number of benzene rings is 2. The van der Waals surface area contributed by atoms with Gasteiger partial charge in [0, 0.05) is 18.2 Å². The minimum absolute atomic E-state index is 0.0910. The molecule has 0 aliphatic carbocycles. The van der Waals surface area contributed by atoms with E-state index in [9.17, 15) is 25.5 Å². The number of hydrogen-bond donors (Lipinski definition) is 0. The van der Waals surface area contributed by atoms with Gasteiger partial charge in [0.05, 0.1) is 27.1 Å². The van der Waals surface area contributed by atoms with Crippen molar-refractivity contribution in [1.29, 1.82) is 5.26 Å².